The molecule has 1 N–H and O–H groups in total. The number of hydrogen-bond donors (Lipinski definition) is 1. The molecule has 1 aromatic heterocycles. The Kier molecular flexibility index (Phi) is 1.42. The molecule has 1 heterocycles. The summed E-state index contributed by atoms with van der Waals surface area (Å²) >= 11 is 5.59. The summed E-state index contributed by atoms with van der Waals surface area (Å²) in [6.07, 6.45) is 2.60. The quantitative estimate of drug-likeness (QED) is 0.653. The number of nitrogens with zero attached hydrogens (tertiary/aromatic N) is 1. The number of aromatic amines is 1. The largest absolute Gasteiger partial charge is 0.281 e. The van der Waals surface area contributed by atoms with Gasteiger partial charge in [0, 0.05) is 5.92 Å². The first-order chi connectivity index (χ1) is 4.90. The van der Waals surface area contributed by atoms with E-state index in [1.54, 1.807) is 0 Å². The Morgan fingerprint density at radius 1 is 1.70 bits per heavy atom. The van der Waals surface area contributed by atoms with Gasteiger partial charge in [0.05, 0.1) is 17.3 Å². The van der Waals surface area contributed by atoms with Crippen LogP contribution in [0.15, 0.2) is 6.07 Å². The second-order valence-corrected chi connectivity index (χ2v) is 2.99. The number of alkyl halides is 1. The summed E-state index contributed by atoms with van der Waals surface area (Å²) < 4.78 is 0. The summed E-state index contributed by atoms with van der Waals surface area (Å²) in [5.74, 6) is 1.27. The molecule has 0 atom stereocenters. The van der Waals surface area contributed by atoms with Crippen LogP contribution in [0, 0.1) is 0 Å². The maximum absolute atomic E-state index is 5.59. The van der Waals surface area contributed by atoms with E-state index in [1.807, 2.05) is 0 Å². The van der Waals surface area contributed by atoms with Crippen LogP contribution in [0.25, 0.3) is 0 Å². The SMILES string of the molecule is ClCc1cc(C2CC2)n[nH]1. The molecule has 0 aliphatic heterocycles. The van der Waals surface area contributed by atoms with Gasteiger partial charge in [0.1, 0.15) is 0 Å². The lowest BCUT2D eigenvalue weighted by Crippen LogP contribution is -1.76. The molecule has 0 amide bonds. The van der Waals surface area contributed by atoms with Crippen LogP contribution in [-0.2, 0) is 5.88 Å². The van der Waals surface area contributed by atoms with Gasteiger partial charge in [0.25, 0.3) is 0 Å². The standard InChI is InChI=1S/C7H9ClN2/c8-4-6-3-7(10-9-6)5-1-2-5/h3,5H,1-2,4H2,(H,9,10). The second-order valence-electron chi connectivity index (χ2n) is 2.73. The van der Waals surface area contributed by atoms with Gasteiger partial charge in [-0.1, -0.05) is 0 Å². The molecule has 0 aromatic carbocycles. The molecule has 1 aromatic rings. The molecule has 2 nitrogen and oxygen atoms in total. The lowest BCUT2D eigenvalue weighted by Gasteiger charge is -1.81. The second kappa shape index (κ2) is 2.27. The summed E-state index contributed by atoms with van der Waals surface area (Å²) in [5.41, 5.74) is 2.22. The number of halogens is 1. The highest BCUT2D eigenvalue weighted by Gasteiger charge is 2.25. The Balaban J connectivity index is 2.19. The summed E-state index contributed by atoms with van der Waals surface area (Å²) in [6, 6.07) is 2.06. The van der Waals surface area contributed by atoms with Gasteiger partial charge in [-0.05, 0) is 18.9 Å². The number of rotatable bonds is 2. The number of hydrogen-bond acceptors (Lipinski definition) is 1. The summed E-state index contributed by atoms with van der Waals surface area (Å²) in [6.45, 7) is 0. The van der Waals surface area contributed by atoms with Crippen molar-refractivity contribution in [3.8, 4) is 0 Å². The average Bonchev–Trinajstić information content (AvgIpc) is 2.70. The Bertz CT molecular complexity index is 227. The number of H-pyrrole nitrogens is 1. The van der Waals surface area contributed by atoms with Crippen LogP contribution in [-0.4, -0.2) is 10.2 Å². The molecule has 54 valence electrons. The summed E-state index contributed by atoms with van der Waals surface area (Å²) in [5, 5.41) is 7.03. The van der Waals surface area contributed by atoms with E-state index >= 15 is 0 Å². The third kappa shape index (κ3) is 1.03. The summed E-state index contributed by atoms with van der Waals surface area (Å²) in [4.78, 5) is 0. The topological polar surface area (TPSA) is 28.7 Å². The third-order valence-electron chi connectivity index (χ3n) is 1.79. The highest BCUT2D eigenvalue weighted by Crippen LogP contribution is 2.38. The molecule has 3 heteroatoms. The predicted molar refractivity (Wildman–Crippen MR) is 40.1 cm³/mol. The van der Waals surface area contributed by atoms with E-state index in [2.05, 4.69) is 16.3 Å². The van der Waals surface area contributed by atoms with Crippen molar-refractivity contribution in [1.29, 1.82) is 0 Å². The van der Waals surface area contributed by atoms with Crippen LogP contribution in [0.4, 0.5) is 0 Å². The molecule has 1 aliphatic carbocycles. The normalized spacial score (nSPS) is 17.7. The molecule has 0 unspecified atom stereocenters. The van der Waals surface area contributed by atoms with E-state index in [1.165, 1.54) is 18.5 Å². The molecule has 0 bridgehead atoms. The molecule has 1 aliphatic rings. The fraction of sp³-hybridized carbons (Fsp3) is 0.571. The highest BCUT2D eigenvalue weighted by atomic mass is 35.5. The molecule has 1 fully saturated rings. The van der Waals surface area contributed by atoms with Crippen LogP contribution < -0.4 is 0 Å². The zero-order chi connectivity index (χ0) is 6.97. The van der Waals surface area contributed by atoms with Crippen LogP contribution in [0.1, 0.15) is 30.1 Å². The fourth-order valence-corrected chi connectivity index (χ4v) is 1.17. The van der Waals surface area contributed by atoms with Gasteiger partial charge in [-0.3, -0.25) is 5.10 Å². The minimum atomic E-state index is 0.541. The van der Waals surface area contributed by atoms with Crippen molar-refractivity contribution in [2.75, 3.05) is 0 Å². The minimum absolute atomic E-state index is 0.541. The van der Waals surface area contributed by atoms with Crippen molar-refractivity contribution in [2.45, 2.75) is 24.6 Å². The maximum Gasteiger partial charge on any atom is 0.0656 e. The molecule has 2 rings (SSSR count). The third-order valence-corrected chi connectivity index (χ3v) is 2.08. The van der Waals surface area contributed by atoms with Crippen molar-refractivity contribution in [3.63, 3.8) is 0 Å². The minimum Gasteiger partial charge on any atom is -0.281 e. The van der Waals surface area contributed by atoms with E-state index in [9.17, 15) is 0 Å². The lowest BCUT2D eigenvalue weighted by molar-refractivity contribution is 0.951. The average molecular weight is 157 g/mol. The molecule has 0 saturated heterocycles. The van der Waals surface area contributed by atoms with Crippen molar-refractivity contribution < 1.29 is 0 Å². The van der Waals surface area contributed by atoms with Gasteiger partial charge in [0.2, 0.25) is 0 Å². The van der Waals surface area contributed by atoms with Gasteiger partial charge >= 0.3 is 0 Å². The first kappa shape index (κ1) is 6.23. The van der Waals surface area contributed by atoms with Crippen molar-refractivity contribution in [3.05, 3.63) is 17.5 Å². The Labute approximate surface area is 64.6 Å². The number of nitrogens with one attached hydrogen (secondary N) is 1. The molecular weight excluding hydrogens is 148 g/mol. The fourth-order valence-electron chi connectivity index (χ4n) is 1.04. The van der Waals surface area contributed by atoms with Gasteiger partial charge in [0.15, 0.2) is 0 Å². The van der Waals surface area contributed by atoms with Crippen molar-refractivity contribution in [2.24, 2.45) is 0 Å². The van der Waals surface area contributed by atoms with Gasteiger partial charge in [-0.2, -0.15) is 5.10 Å². The maximum atomic E-state index is 5.59. The molecule has 0 spiro atoms. The molecule has 10 heavy (non-hydrogen) atoms. The first-order valence-corrected chi connectivity index (χ1v) is 4.04. The Morgan fingerprint density at radius 2 is 2.50 bits per heavy atom. The molecule has 0 radical (unpaired) electrons. The van der Waals surface area contributed by atoms with Crippen LogP contribution in [0.3, 0.4) is 0 Å². The van der Waals surface area contributed by atoms with E-state index in [0.29, 0.717) is 5.88 Å². The molecular formula is C7H9ClN2. The smallest absolute Gasteiger partial charge is 0.0656 e. The van der Waals surface area contributed by atoms with Crippen LogP contribution in [0.5, 0.6) is 0 Å². The van der Waals surface area contributed by atoms with Gasteiger partial charge in [-0.25, -0.2) is 0 Å². The monoisotopic (exact) mass is 156 g/mol. The van der Waals surface area contributed by atoms with Gasteiger partial charge < -0.3 is 0 Å². The predicted octanol–water partition coefficient (Wildman–Crippen LogP) is 2.03. The van der Waals surface area contributed by atoms with Crippen molar-refractivity contribution >= 4 is 11.6 Å². The molecule has 1 saturated carbocycles. The first-order valence-electron chi connectivity index (χ1n) is 3.50. The van der Waals surface area contributed by atoms with E-state index in [-0.39, 0.29) is 0 Å². The number of aromatic nitrogens is 2. The zero-order valence-electron chi connectivity index (χ0n) is 5.60. The highest BCUT2D eigenvalue weighted by molar-refractivity contribution is 6.16. The Morgan fingerprint density at radius 3 is 3.00 bits per heavy atom. The van der Waals surface area contributed by atoms with E-state index < -0.39 is 0 Å². The Hall–Kier alpha value is -0.500. The van der Waals surface area contributed by atoms with E-state index in [4.69, 9.17) is 11.6 Å². The summed E-state index contributed by atoms with van der Waals surface area (Å²) in [7, 11) is 0. The lowest BCUT2D eigenvalue weighted by atomic mass is 10.3. The zero-order valence-corrected chi connectivity index (χ0v) is 6.36. The van der Waals surface area contributed by atoms with Crippen LogP contribution in [0.2, 0.25) is 0 Å². The van der Waals surface area contributed by atoms with Crippen LogP contribution >= 0.6 is 11.6 Å². The van der Waals surface area contributed by atoms with Crippen molar-refractivity contribution in [1.82, 2.24) is 10.2 Å². The van der Waals surface area contributed by atoms with E-state index in [0.717, 1.165) is 11.6 Å². The van der Waals surface area contributed by atoms with Gasteiger partial charge in [-0.15, -0.1) is 11.6 Å².